The number of esters is 1. The fourth-order valence-corrected chi connectivity index (χ4v) is 3.65. The topological polar surface area (TPSA) is 97.6 Å². The molecule has 0 N–H and O–H groups in total. The number of amides is 2. The highest BCUT2D eigenvalue weighted by Gasteiger charge is 2.29. The van der Waals surface area contributed by atoms with Crippen molar-refractivity contribution in [1.29, 1.82) is 0 Å². The second-order valence-corrected chi connectivity index (χ2v) is 8.55. The SMILES string of the molecule is CC(=O)N1CCN(C(=O)C(C)OC(=O)c2cc(C(C)C)nc3c2cnn3C(C)C)CC1. The third-order valence-electron chi connectivity index (χ3n) is 5.56. The van der Waals surface area contributed by atoms with E-state index in [0.29, 0.717) is 42.8 Å². The van der Waals surface area contributed by atoms with Crippen LogP contribution < -0.4 is 0 Å². The minimum Gasteiger partial charge on any atom is -0.449 e. The zero-order valence-corrected chi connectivity index (χ0v) is 19.1. The summed E-state index contributed by atoms with van der Waals surface area (Å²) in [5, 5.41) is 5.00. The first-order chi connectivity index (χ1) is 14.6. The van der Waals surface area contributed by atoms with Crippen LogP contribution >= 0.6 is 0 Å². The summed E-state index contributed by atoms with van der Waals surface area (Å²) in [7, 11) is 0. The van der Waals surface area contributed by atoms with Gasteiger partial charge >= 0.3 is 5.97 Å². The summed E-state index contributed by atoms with van der Waals surface area (Å²) >= 11 is 0. The Morgan fingerprint density at radius 3 is 2.16 bits per heavy atom. The second kappa shape index (κ2) is 9.03. The molecule has 2 aromatic rings. The molecule has 0 bridgehead atoms. The number of rotatable bonds is 5. The van der Waals surface area contributed by atoms with Crippen LogP contribution in [0.5, 0.6) is 0 Å². The number of fused-ring (bicyclic) bond motifs is 1. The van der Waals surface area contributed by atoms with Crippen molar-refractivity contribution in [3.05, 3.63) is 23.5 Å². The number of hydrogen-bond acceptors (Lipinski definition) is 6. The number of aromatic nitrogens is 3. The van der Waals surface area contributed by atoms with Gasteiger partial charge in [0.1, 0.15) is 0 Å². The number of hydrogen-bond donors (Lipinski definition) is 0. The third kappa shape index (κ3) is 4.70. The van der Waals surface area contributed by atoms with E-state index in [-0.39, 0.29) is 23.8 Å². The molecule has 2 amide bonds. The fourth-order valence-electron chi connectivity index (χ4n) is 3.65. The van der Waals surface area contributed by atoms with Crippen molar-refractivity contribution in [3.63, 3.8) is 0 Å². The number of carbonyl (C=O) groups is 3. The molecule has 0 saturated carbocycles. The van der Waals surface area contributed by atoms with Gasteiger partial charge in [0.25, 0.3) is 5.91 Å². The van der Waals surface area contributed by atoms with Gasteiger partial charge in [0.15, 0.2) is 11.8 Å². The van der Waals surface area contributed by atoms with Gasteiger partial charge in [-0.3, -0.25) is 9.59 Å². The first kappa shape index (κ1) is 22.7. The van der Waals surface area contributed by atoms with Gasteiger partial charge in [-0.1, -0.05) is 13.8 Å². The van der Waals surface area contributed by atoms with E-state index >= 15 is 0 Å². The molecular formula is C22H31N5O4. The zero-order chi connectivity index (χ0) is 22.9. The Balaban J connectivity index is 1.79. The molecule has 1 saturated heterocycles. The van der Waals surface area contributed by atoms with E-state index in [4.69, 9.17) is 9.72 Å². The Bertz CT molecular complexity index is 989. The maximum absolute atomic E-state index is 13.0. The van der Waals surface area contributed by atoms with Gasteiger partial charge in [0.2, 0.25) is 5.91 Å². The Morgan fingerprint density at radius 2 is 1.61 bits per heavy atom. The van der Waals surface area contributed by atoms with Gasteiger partial charge in [0.05, 0.1) is 17.1 Å². The normalized spacial score (nSPS) is 15.6. The summed E-state index contributed by atoms with van der Waals surface area (Å²) in [5.41, 5.74) is 1.76. The number of carbonyl (C=O) groups excluding carboxylic acids is 3. The molecule has 1 fully saturated rings. The molecule has 1 unspecified atom stereocenters. The lowest BCUT2D eigenvalue weighted by atomic mass is 10.1. The molecular weight excluding hydrogens is 398 g/mol. The fraction of sp³-hybridized carbons (Fsp3) is 0.591. The van der Waals surface area contributed by atoms with E-state index in [1.807, 2.05) is 27.7 Å². The number of ether oxygens (including phenoxy) is 1. The molecule has 2 aromatic heterocycles. The highest BCUT2D eigenvalue weighted by molar-refractivity contribution is 6.03. The molecule has 1 atom stereocenters. The van der Waals surface area contributed by atoms with Gasteiger partial charge in [0, 0.05) is 44.8 Å². The molecule has 3 rings (SSSR count). The Hall–Kier alpha value is -2.97. The average Bonchev–Trinajstić information content (AvgIpc) is 3.16. The summed E-state index contributed by atoms with van der Waals surface area (Å²) < 4.78 is 7.34. The van der Waals surface area contributed by atoms with Crippen LogP contribution in [0.3, 0.4) is 0 Å². The van der Waals surface area contributed by atoms with E-state index in [2.05, 4.69) is 5.10 Å². The first-order valence-corrected chi connectivity index (χ1v) is 10.7. The molecule has 0 radical (unpaired) electrons. The summed E-state index contributed by atoms with van der Waals surface area (Å²) in [6.45, 7) is 12.9. The predicted molar refractivity (Wildman–Crippen MR) is 116 cm³/mol. The molecule has 168 valence electrons. The molecule has 1 aliphatic heterocycles. The van der Waals surface area contributed by atoms with E-state index in [0.717, 1.165) is 5.69 Å². The molecule has 3 heterocycles. The quantitative estimate of drug-likeness (QED) is 0.677. The van der Waals surface area contributed by atoms with Crippen LogP contribution in [0.15, 0.2) is 12.3 Å². The van der Waals surface area contributed by atoms with Crippen molar-refractivity contribution < 1.29 is 19.1 Å². The molecule has 1 aliphatic rings. The maximum atomic E-state index is 13.0. The monoisotopic (exact) mass is 429 g/mol. The van der Waals surface area contributed by atoms with Crippen LogP contribution in [0.4, 0.5) is 0 Å². The van der Waals surface area contributed by atoms with Crippen molar-refractivity contribution in [1.82, 2.24) is 24.6 Å². The van der Waals surface area contributed by atoms with Crippen LogP contribution in [0.25, 0.3) is 11.0 Å². The smallest absolute Gasteiger partial charge is 0.339 e. The van der Waals surface area contributed by atoms with Crippen molar-refractivity contribution in [2.75, 3.05) is 26.2 Å². The number of piperazine rings is 1. The molecule has 0 aliphatic carbocycles. The van der Waals surface area contributed by atoms with Crippen molar-refractivity contribution >= 4 is 28.8 Å². The summed E-state index contributed by atoms with van der Waals surface area (Å²) in [4.78, 5) is 45.3. The largest absolute Gasteiger partial charge is 0.449 e. The maximum Gasteiger partial charge on any atom is 0.339 e. The van der Waals surface area contributed by atoms with Crippen LogP contribution in [0.1, 0.15) is 69.6 Å². The van der Waals surface area contributed by atoms with Gasteiger partial charge in [-0.25, -0.2) is 14.5 Å². The Labute approximate surface area is 182 Å². The lowest BCUT2D eigenvalue weighted by molar-refractivity contribution is -0.144. The number of nitrogens with zero attached hydrogens (tertiary/aromatic N) is 5. The van der Waals surface area contributed by atoms with Crippen LogP contribution in [0, 0.1) is 0 Å². The second-order valence-electron chi connectivity index (χ2n) is 8.55. The van der Waals surface area contributed by atoms with E-state index in [1.54, 1.807) is 33.7 Å². The molecule has 0 spiro atoms. The zero-order valence-electron chi connectivity index (χ0n) is 19.1. The first-order valence-electron chi connectivity index (χ1n) is 10.7. The molecule has 0 aromatic carbocycles. The van der Waals surface area contributed by atoms with Crippen molar-refractivity contribution in [2.45, 2.75) is 59.6 Å². The summed E-state index contributed by atoms with van der Waals surface area (Å²) in [6.07, 6.45) is 0.693. The molecule has 9 heteroatoms. The van der Waals surface area contributed by atoms with Gasteiger partial charge in [-0.05, 0) is 32.8 Å². The lowest BCUT2D eigenvalue weighted by Crippen LogP contribution is -2.52. The lowest BCUT2D eigenvalue weighted by Gasteiger charge is -2.35. The highest BCUT2D eigenvalue weighted by Crippen LogP contribution is 2.25. The average molecular weight is 430 g/mol. The van der Waals surface area contributed by atoms with E-state index in [1.165, 1.54) is 6.92 Å². The Kier molecular flexibility index (Phi) is 6.62. The van der Waals surface area contributed by atoms with Gasteiger partial charge in [-0.2, -0.15) is 5.10 Å². The van der Waals surface area contributed by atoms with Crippen molar-refractivity contribution in [2.24, 2.45) is 0 Å². The van der Waals surface area contributed by atoms with Crippen LogP contribution in [-0.4, -0.2) is 74.6 Å². The van der Waals surface area contributed by atoms with Gasteiger partial charge in [-0.15, -0.1) is 0 Å². The standard InChI is InChI=1S/C22H31N5O4/c1-13(2)19-11-17(18-12-23-27(14(3)4)20(18)24-19)22(30)31-15(5)21(29)26-9-7-25(8-10-26)16(6)28/h11-15H,7-10H2,1-6H3. The van der Waals surface area contributed by atoms with E-state index < -0.39 is 12.1 Å². The van der Waals surface area contributed by atoms with Crippen LogP contribution in [-0.2, 0) is 14.3 Å². The van der Waals surface area contributed by atoms with Gasteiger partial charge < -0.3 is 14.5 Å². The Morgan fingerprint density at radius 1 is 1.00 bits per heavy atom. The minimum atomic E-state index is -0.928. The van der Waals surface area contributed by atoms with Crippen molar-refractivity contribution in [3.8, 4) is 0 Å². The third-order valence-corrected chi connectivity index (χ3v) is 5.56. The van der Waals surface area contributed by atoms with Crippen LogP contribution in [0.2, 0.25) is 0 Å². The summed E-state index contributed by atoms with van der Waals surface area (Å²) in [5.74, 6) is -0.719. The predicted octanol–water partition coefficient (Wildman–Crippen LogP) is 2.37. The number of pyridine rings is 1. The highest BCUT2D eigenvalue weighted by atomic mass is 16.5. The minimum absolute atomic E-state index is 0.00354. The summed E-state index contributed by atoms with van der Waals surface area (Å²) in [6, 6.07) is 1.82. The van der Waals surface area contributed by atoms with E-state index in [9.17, 15) is 14.4 Å². The molecule has 9 nitrogen and oxygen atoms in total. The molecule has 31 heavy (non-hydrogen) atoms.